The lowest BCUT2D eigenvalue weighted by atomic mass is 10.2. The zero-order valence-corrected chi connectivity index (χ0v) is 8.28. The second kappa shape index (κ2) is 3.24. The molecule has 1 aromatic heterocycles. The number of hydrogen-bond donors (Lipinski definition) is 1. The van der Waals surface area contributed by atoms with Crippen LogP contribution < -0.4 is 0 Å². The van der Waals surface area contributed by atoms with Crippen LogP contribution in [0.4, 0.5) is 5.69 Å². The number of aromatic amines is 1. The number of non-ortho nitro benzene ring substituents is 1. The van der Waals surface area contributed by atoms with Gasteiger partial charge in [0.2, 0.25) is 0 Å². The standard InChI is InChI=1S/C11H10N2O2/c1-7(2)11-6-8-5-9(13(14)15)3-4-10(8)12-11/h3-6,12H,1H2,2H3. The monoisotopic (exact) mass is 202 g/mol. The first-order valence-electron chi connectivity index (χ1n) is 4.51. The highest BCUT2D eigenvalue weighted by atomic mass is 16.6. The van der Waals surface area contributed by atoms with Crippen LogP contribution in [0.1, 0.15) is 12.6 Å². The number of nitro groups is 1. The molecule has 76 valence electrons. The highest BCUT2D eigenvalue weighted by Crippen LogP contribution is 2.23. The van der Waals surface area contributed by atoms with Crippen LogP contribution >= 0.6 is 0 Å². The number of fused-ring (bicyclic) bond motifs is 1. The molecule has 1 aromatic carbocycles. The number of nitro benzene ring substituents is 1. The van der Waals surface area contributed by atoms with Crippen molar-refractivity contribution < 1.29 is 4.92 Å². The van der Waals surface area contributed by atoms with Gasteiger partial charge in [0.1, 0.15) is 0 Å². The Balaban J connectivity index is 2.62. The highest BCUT2D eigenvalue weighted by Gasteiger charge is 2.08. The number of benzene rings is 1. The van der Waals surface area contributed by atoms with Gasteiger partial charge in [0, 0.05) is 28.7 Å². The number of nitrogens with one attached hydrogen (secondary N) is 1. The molecule has 2 rings (SSSR count). The Kier molecular flexibility index (Phi) is 2.04. The van der Waals surface area contributed by atoms with E-state index >= 15 is 0 Å². The Hall–Kier alpha value is -2.10. The van der Waals surface area contributed by atoms with Gasteiger partial charge in [-0.15, -0.1) is 0 Å². The Morgan fingerprint density at radius 2 is 2.20 bits per heavy atom. The fourth-order valence-electron chi connectivity index (χ4n) is 1.46. The van der Waals surface area contributed by atoms with Crippen LogP contribution in [0.3, 0.4) is 0 Å². The molecule has 0 amide bonds. The smallest absolute Gasteiger partial charge is 0.270 e. The van der Waals surface area contributed by atoms with E-state index in [1.165, 1.54) is 6.07 Å². The summed E-state index contributed by atoms with van der Waals surface area (Å²) in [6.07, 6.45) is 0. The van der Waals surface area contributed by atoms with Gasteiger partial charge in [-0.25, -0.2) is 0 Å². The molecule has 2 aromatic rings. The van der Waals surface area contributed by atoms with E-state index in [-0.39, 0.29) is 5.69 Å². The number of hydrogen-bond acceptors (Lipinski definition) is 2. The normalized spacial score (nSPS) is 10.5. The molecule has 0 saturated carbocycles. The zero-order chi connectivity index (χ0) is 11.0. The predicted molar refractivity (Wildman–Crippen MR) is 59.7 cm³/mol. The van der Waals surface area contributed by atoms with Gasteiger partial charge < -0.3 is 4.98 Å². The molecule has 4 nitrogen and oxygen atoms in total. The van der Waals surface area contributed by atoms with E-state index in [0.29, 0.717) is 0 Å². The van der Waals surface area contributed by atoms with Crippen molar-refractivity contribution in [2.24, 2.45) is 0 Å². The molecule has 0 saturated heterocycles. The summed E-state index contributed by atoms with van der Waals surface area (Å²) in [4.78, 5) is 13.3. The molecule has 1 N–H and O–H groups in total. The minimum absolute atomic E-state index is 0.106. The van der Waals surface area contributed by atoms with Gasteiger partial charge in [-0.3, -0.25) is 10.1 Å². The predicted octanol–water partition coefficient (Wildman–Crippen LogP) is 3.11. The van der Waals surface area contributed by atoms with Crippen molar-refractivity contribution in [2.45, 2.75) is 6.92 Å². The Labute approximate surface area is 86.4 Å². The molecule has 0 unspecified atom stereocenters. The largest absolute Gasteiger partial charge is 0.355 e. The molecule has 0 radical (unpaired) electrons. The summed E-state index contributed by atoms with van der Waals surface area (Å²) in [6.45, 7) is 5.70. The van der Waals surface area contributed by atoms with Gasteiger partial charge in [0.15, 0.2) is 0 Å². The van der Waals surface area contributed by atoms with Crippen LogP contribution in [0.15, 0.2) is 30.8 Å². The van der Waals surface area contributed by atoms with E-state index in [9.17, 15) is 10.1 Å². The first-order valence-corrected chi connectivity index (χ1v) is 4.51. The average Bonchev–Trinajstić information content (AvgIpc) is 2.59. The quantitative estimate of drug-likeness (QED) is 0.600. The molecular weight excluding hydrogens is 192 g/mol. The van der Waals surface area contributed by atoms with Crippen LogP contribution in [-0.4, -0.2) is 9.91 Å². The molecule has 0 aliphatic rings. The van der Waals surface area contributed by atoms with Crippen molar-refractivity contribution in [3.05, 3.63) is 46.7 Å². The first-order chi connectivity index (χ1) is 7.08. The molecule has 0 atom stereocenters. The molecule has 4 heteroatoms. The van der Waals surface area contributed by atoms with Crippen LogP contribution in [0.5, 0.6) is 0 Å². The first kappa shape index (κ1) is 9.45. The maximum Gasteiger partial charge on any atom is 0.270 e. The lowest BCUT2D eigenvalue weighted by molar-refractivity contribution is -0.384. The van der Waals surface area contributed by atoms with E-state index in [1.807, 2.05) is 13.0 Å². The molecule has 0 fully saturated rings. The number of aromatic nitrogens is 1. The highest BCUT2D eigenvalue weighted by molar-refractivity contribution is 5.85. The molecule has 0 bridgehead atoms. The lowest BCUT2D eigenvalue weighted by Crippen LogP contribution is -1.86. The summed E-state index contributed by atoms with van der Waals surface area (Å²) in [5.41, 5.74) is 2.81. The summed E-state index contributed by atoms with van der Waals surface area (Å²) in [5.74, 6) is 0. The summed E-state index contributed by atoms with van der Waals surface area (Å²) in [6, 6.07) is 6.61. The number of nitrogens with zero attached hydrogens (tertiary/aromatic N) is 1. The van der Waals surface area contributed by atoms with Crippen LogP contribution in [0, 0.1) is 10.1 Å². The maximum absolute atomic E-state index is 10.6. The summed E-state index contributed by atoms with van der Waals surface area (Å²) >= 11 is 0. The Morgan fingerprint density at radius 3 is 2.80 bits per heavy atom. The maximum atomic E-state index is 10.6. The van der Waals surface area contributed by atoms with Gasteiger partial charge in [-0.05, 0) is 24.6 Å². The van der Waals surface area contributed by atoms with Crippen molar-refractivity contribution in [3.8, 4) is 0 Å². The van der Waals surface area contributed by atoms with E-state index < -0.39 is 4.92 Å². The van der Waals surface area contributed by atoms with Crippen LogP contribution in [-0.2, 0) is 0 Å². The summed E-state index contributed by atoms with van der Waals surface area (Å²) in [5, 5.41) is 11.4. The zero-order valence-electron chi connectivity index (χ0n) is 8.28. The minimum atomic E-state index is -0.396. The SMILES string of the molecule is C=C(C)c1cc2cc([N+](=O)[O-])ccc2[nH]1. The molecule has 0 aliphatic heterocycles. The van der Waals surface area contributed by atoms with Gasteiger partial charge >= 0.3 is 0 Å². The average molecular weight is 202 g/mol. The van der Waals surface area contributed by atoms with E-state index in [1.54, 1.807) is 12.1 Å². The summed E-state index contributed by atoms with van der Waals surface area (Å²) in [7, 11) is 0. The Bertz CT molecular complexity index is 543. The van der Waals surface area contributed by atoms with Gasteiger partial charge in [0.05, 0.1) is 4.92 Å². The fourth-order valence-corrected chi connectivity index (χ4v) is 1.46. The van der Waals surface area contributed by atoms with Gasteiger partial charge in [-0.1, -0.05) is 6.58 Å². The van der Waals surface area contributed by atoms with Crippen molar-refractivity contribution >= 4 is 22.2 Å². The van der Waals surface area contributed by atoms with Crippen molar-refractivity contribution in [1.82, 2.24) is 4.98 Å². The third-order valence-corrected chi connectivity index (χ3v) is 2.27. The molecule has 15 heavy (non-hydrogen) atoms. The van der Waals surface area contributed by atoms with Gasteiger partial charge in [-0.2, -0.15) is 0 Å². The van der Waals surface area contributed by atoms with E-state index in [0.717, 1.165) is 22.2 Å². The topological polar surface area (TPSA) is 58.9 Å². The lowest BCUT2D eigenvalue weighted by Gasteiger charge is -1.91. The second-order valence-electron chi connectivity index (χ2n) is 3.49. The number of allylic oxidation sites excluding steroid dienone is 1. The van der Waals surface area contributed by atoms with Crippen LogP contribution in [0.25, 0.3) is 16.5 Å². The number of H-pyrrole nitrogens is 1. The number of rotatable bonds is 2. The fraction of sp³-hybridized carbons (Fsp3) is 0.0909. The second-order valence-corrected chi connectivity index (χ2v) is 3.49. The Morgan fingerprint density at radius 1 is 1.47 bits per heavy atom. The van der Waals surface area contributed by atoms with Crippen molar-refractivity contribution in [2.75, 3.05) is 0 Å². The molecule has 0 aliphatic carbocycles. The van der Waals surface area contributed by atoms with Gasteiger partial charge in [0.25, 0.3) is 5.69 Å². The van der Waals surface area contributed by atoms with E-state index in [2.05, 4.69) is 11.6 Å². The molecule has 1 heterocycles. The molecular formula is C11H10N2O2. The van der Waals surface area contributed by atoms with Crippen LogP contribution in [0.2, 0.25) is 0 Å². The van der Waals surface area contributed by atoms with E-state index in [4.69, 9.17) is 0 Å². The van der Waals surface area contributed by atoms with Crippen molar-refractivity contribution in [3.63, 3.8) is 0 Å². The third-order valence-electron chi connectivity index (χ3n) is 2.27. The minimum Gasteiger partial charge on any atom is -0.355 e. The van der Waals surface area contributed by atoms with Crippen molar-refractivity contribution in [1.29, 1.82) is 0 Å². The summed E-state index contributed by atoms with van der Waals surface area (Å²) < 4.78 is 0. The molecule has 0 spiro atoms. The third kappa shape index (κ3) is 1.61.